The average molecular weight is 258 g/mol. The third kappa shape index (κ3) is 1.99. The van der Waals surface area contributed by atoms with Crippen LogP contribution in [0, 0.1) is 0 Å². The Hall–Kier alpha value is -2.24. The first-order valence-electron chi connectivity index (χ1n) is 6.19. The van der Waals surface area contributed by atoms with Crippen LogP contribution in [-0.4, -0.2) is 46.2 Å². The highest BCUT2D eigenvalue weighted by molar-refractivity contribution is 6.46. The number of carbonyl (C=O) groups is 2. The first-order valence-corrected chi connectivity index (χ1v) is 6.19. The van der Waals surface area contributed by atoms with Crippen LogP contribution in [0.5, 0.6) is 0 Å². The molecule has 2 aliphatic rings. The topological polar surface area (TPSA) is 74.7 Å². The lowest BCUT2D eigenvalue weighted by Gasteiger charge is -2.20. The van der Waals surface area contributed by atoms with Gasteiger partial charge in [-0.2, -0.15) is 0 Å². The van der Waals surface area contributed by atoms with E-state index in [-0.39, 0.29) is 11.8 Å². The fraction of sp³-hybridized carbons (Fsp3) is 0.385. The molecule has 1 fully saturated rings. The Morgan fingerprint density at radius 3 is 2.95 bits per heavy atom. The van der Waals surface area contributed by atoms with Crippen LogP contribution in [0.1, 0.15) is 19.0 Å². The SMILES string of the molecule is CC(=O)N1CCC2(C1)N=C(c1ccccn1)C(=O)N2. The maximum Gasteiger partial charge on any atom is 0.273 e. The molecule has 0 radical (unpaired) electrons. The predicted molar refractivity (Wildman–Crippen MR) is 68.5 cm³/mol. The summed E-state index contributed by atoms with van der Waals surface area (Å²) >= 11 is 0. The smallest absolute Gasteiger partial charge is 0.273 e. The molecule has 0 aromatic carbocycles. The summed E-state index contributed by atoms with van der Waals surface area (Å²) in [6.07, 6.45) is 2.28. The zero-order chi connectivity index (χ0) is 13.5. The number of aliphatic imine (C=N–C) groups is 1. The van der Waals surface area contributed by atoms with E-state index in [9.17, 15) is 9.59 Å². The zero-order valence-electron chi connectivity index (χ0n) is 10.6. The van der Waals surface area contributed by atoms with E-state index in [0.717, 1.165) is 0 Å². The van der Waals surface area contributed by atoms with Gasteiger partial charge < -0.3 is 10.2 Å². The van der Waals surface area contributed by atoms with Gasteiger partial charge in [0.05, 0.1) is 12.2 Å². The number of nitrogens with zero attached hydrogens (tertiary/aromatic N) is 3. The summed E-state index contributed by atoms with van der Waals surface area (Å²) in [6, 6.07) is 5.37. The molecule has 6 nitrogen and oxygen atoms in total. The van der Waals surface area contributed by atoms with Gasteiger partial charge in [-0.15, -0.1) is 0 Å². The molecule has 0 bridgehead atoms. The Kier molecular flexibility index (Phi) is 2.58. The van der Waals surface area contributed by atoms with Gasteiger partial charge in [0.15, 0.2) is 11.4 Å². The monoisotopic (exact) mass is 258 g/mol. The summed E-state index contributed by atoms with van der Waals surface area (Å²) < 4.78 is 0. The molecule has 3 rings (SSSR count). The number of aromatic nitrogens is 1. The number of hydrogen-bond donors (Lipinski definition) is 1. The van der Waals surface area contributed by atoms with Gasteiger partial charge in [0.1, 0.15) is 0 Å². The first-order chi connectivity index (χ1) is 9.10. The Bertz CT molecular complexity index is 569. The molecule has 1 atom stereocenters. The Morgan fingerprint density at radius 1 is 1.47 bits per heavy atom. The van der Waals surface area contributed by atoms with Crippen molar-refractivity contribution in [3.05, 3.63) is 30.1 Å². The van der Waals surface area contributed by atoms with E-state index in [4.69, 9.17) is 0 Å². The molecule has 3 heterocycles. The number of amides is 2. The molecule has 19 heavy (non-hydrogen) atoms. The first kappa shape index (κ1) is 11.8. The van der Waals surface area contributed by atoms with Gasteiger partial charge >= 0.3 is 0 Å². The maximum absolute atomic E-state index is 12.0. The van der Waals surface area contributed by atoms with Crippen LogP contribution in [0.15, 0.2) is 29.4 Å². The predicted octanol–water partition coefficient (Wildman–Crippen LogP) is -0.0510. The number of likely N-dealkylation sites (tertiary alicyclic amines) is 1. The zero-order valence-corrected chi connectivity index (χ0v) is 10.6. The fourth-order valence-electron chi connectivity index (χ4n) is 2.50. The van der Waals surface area contributed by atoms with Crippen molar-refractivity contribution in [1.29, 1.82) is 0 Å². The minimum atomic E-state index is -0.657. The molecule has 1 aromatic rings. The molecule has 2 amide bonds. The molecular formula is C13H14N4O2. The second kappa shape index (κ2) is 4.15. The van der Waals surface area contributed by atoms with Crippen LogP contribution in [0.2, 0.25) is 0 Å². The maximum atomic E-state index is 12.0. The largest absolute Gasteiger partial charge is 0.338 e. The Morgan fingerprint density at radius 2 is 2.32 bits per heavy atom. The second-order valence-corrected chi connectivity index (χ2v) is 4.85. The second-order valence-electron chi connectivity index (χ2n) is 4.85. The van der Waals surface area contributed by atoms with E-state index >= 15 is 0 Å². The number of rotatable bonds is 1. The van der Waals surface area contributed by atoms with Gasteiger partial charge in [-0.1, -0.05) is 6.07 Å². The minimum Gasteiger partial charge on any atom is -0.338 e. The fourth-order valence-corrected chi connectivity index (χ4v) is 2.50. The van der Waals surface area contributed by atoms with E-state index in [1.165, 1.54) is 6.92 Å². The quantitative estimate of drug-likeness (QED) is 0.767. The molecule has 1 saturated heterocycles. The highest BCUT2D eigenvalue weighted by atomic mass is 16.2. The van der Waals surface area contributed by atoms with Crippen molar-refractivity contribution in [2.45, 2.75) is 19.0 Å². The molecule has 2 aliphatic heterocycles. The van der Waals surface area contributed by atoms with Crippen molar-refractivity contribution in [1.82, 2.24) is 15.2 Å². The summed E-state index contributed by atoms with van der Waals surface area (Å²) in [5, 5.41) is 2.89. The van der Waals surface area contributed by atoms with Crippen molar-refractivity contribution in [2.24, 2.45) is 4.99 Å². The van der Waals surface area contributed by atoms with Crippen LogP contribution in [0.25, 0.3) is 0 Å². The van der Waals surface area contributed by atoms with E-state index in [2.05, 4.69) is 15.3 Å². The third-order valence-corrected chi connectivity index (χ3v) is 3.49. The number of pyridine rings is 1. The number of carbonyl (C=O) groups excluding carboxylic acids is 2. The van der Waals surface area contributed by atoms with Crippen molar-refractivity contribution < 1.29 is 9.59 Å². The summed E-state index contributed by atoms with van der Waals surface area (Å²) in [5.74, 6) is -0.211. The molecule has 0 aliphatic carbocycles. The van der Waals surface area contributed by atoms with Gasteiger partial charge in [-0.25, -0.2) is 4.99 Å². The highest BCUT2D eigenvalue weighted by Gasteiger charge is 2.45. The molecule has 1 spiro atoms. The van der Waals surface area contributed by atoms with E-state index < -0.39 is 5.66 Å². The molecule has 0 saturated carbocycles. The van der Waals surface area contributed by atoms with Gasteiger partial charge in [-0.05, 0) is 12.1 Å². The normalized spacial score (nSPS) is 25.6. The summed E-state index contributed by atoms with van der Waals surface area (Å²) in [5.41, 5.74) is 0.263. The lowest BCUT2D eigenvalue weighted by Crippen LogP contribution is -2.45. The Balaban J connectivity index is 1.90. The van der Waals surface area contributed by atoms with Crippen molar-refractivity contribution in [3.8, 4) is 0 Å². The molecule has 98 valence electrons. The van der Waals surface area contributed by atoms with Gasteiger partial charge in [-0.3, -0.25) is 14.6 Å². The average Bonchev–Trinajstić information content (AvgIpc) is 2.95. The molecular weight excluding hydrogens is 244 g/mol. The molecule has 1 N–H and O–H groups in total. The summed E-state index contributed by atoms with van der Waals surface area (Å²) in [4.78, 5) is 33.7. The third-order valence-electron chi connectivity index (χ3n) is 3.49. The van der Waals surface area contributed by atoms with Crippen molar-refractivity contribution >= 4 is 17.5 Å². The molecule has 6 heteroatoms. The van der Waals surface area contributed by atoms with E-state index in [0.29, 0.717) is 30.9 Å². The Labute approximate surface area is 110 Å². The lowest BCUT2D eigenvalue weighted by molar-refractivity contribution is -0.128. The minimum absolute atomic E-state index is 0.00705. The molecule has 1 aromatic heterocycles. The molecule has 1 unspecified atom stereocenters. The van der Waals surface area contributed by atoms with E-state index in [1.54, 1.807) is 23.2 Å². The van der Waals surface area contributed by atoms with Crippen LogP contribution >= 0.6 is 0 Å². The van der Waals surface area contributed by atoms with Crippen molar-refractivity contribution in [2.75, 3.05) is 13.1 Å². The van der Waals surface area contributed by atoms with E-state index in [1.807, 2.05) is 6.07 Å². The summed E-state index contributed by atoms with van der Waals surface area (Å²) in [6.45, 7) is 2.58. The van der Waals surface area contributed by atoms with Gasteiger partial charge in [0, 0.05) is 26.1 Å². The van der Waals surface area contributed by atoms with Gasteiger partial charge in [0.2, 0.25) is 5.91 Å². The van der Waals surface area contributed by atoms with Crippen LogP contribution < -0.4 is 5.32 Å². The van der Waals surface area contributed by atoms with Crippen LogP contribution in [0.4, 0.5) is 0 Å². The lowest BCUT2D eigenvalue weighted by atomic mass is 10.1. The van der Waals surface area contributed by atoms with Crippen LogP contribution in [0.3, 0.4) is 0 Å². The van der Waals surface area contributed by atoms with Crippen LogP contribution in [-0.2, 0) is 9.59 Å². The van der Waals surface area contributed by atoms with Gasteiger partial charge in [0.25, 0.3) is 5.91 Å². The standard InChI is InChI=1S/C13H14N4O2/c1-9(18)17-7-5-13(8-17)15-11(12(19)16-13)10-4-2-3-6-14-10/h2-4,6H,5,7-8H2,1H3,(H,16,19). The number of hydrogen-bond acceptors (Lipinski definition) is 4. The van der Waals surface area contributed by atoms with Crippen molar-refractivity contribution in [3.63, 3.8) is 0 Å². The highest BCUT2D eigenvalue weighted by Crippen LogP contribution is 2.27. The summed E-state index contributed by atoms with van der Waals surface area (Å²) in [7, 11) is 0. The number of nitrogens with one attached hydrogen (secondary N) is 1.